The smallest absolute Gasteiger partial charge is 0.338 e. The molecule has 5 aliphatic rings. The van der Waals surface area contributed by atoms with Crippen molar-refractivity contribution < 1.29 is 167 Å². The van der Waals surface area contributed by atoms with Gasteiger partial charge in [0.25, 0.3) is 0 Å². The van der Waals surface area contributed by atoms with Crippen LogP contribution in [0.1, 0.15) is 35.3 Å². The summed E-state index contributed by atoms with van der Waals surface area (Å²) >= 11 is 0. The number of aliphatic hydroxyl groups excluding tert-OH is 12. The van der Waals surface area contributed by atoms with E-state index < -0.39 is 216 Å². The molecule has 0 unspecified atom stereocenters. The number of aliphatic hydroxyl groups is 12. The number of phenolic OH excluding ortho intramolecular Hbond substituents is 2. The third-order valence-corrected chi connectivity index (χ3v) is 15.5. The summed E-state index contributed by atoms with van der Waals surface area (Å²) < 4.78 is 89.0. The predicted molar refractivity (Wildman–Crippen MR) is 304 cm³/mol. The van der Waals surface area contributed by atoms with Gasteiger partial charge in [-0.05, 0) is 59.7 Å². The van der Waals surface area contributed by atoms with Crippen LogP contribution in [0.3, 0.4) is 0 Å². The molecule has 0 spiro atoms. The molecular formula is C60H74O34. The summed E-state index contributed by atoms with van der Waals surface area (Å²) in [6.45, 7) is -4.50. The van der Waals surface area contributed by atoms with Crippen LogP contribution in [-0.4, -0.2) is 295 Å². The van der Waals surface area contributed by atoms with Gasteiger partial charge >= 0.3 is 29.8 Å². The van der Waals surface area contributed by atoms with Gasteiger partial charge in [0, 0.05) is 26.0 Å². The van der Waals surface area contributed by atoms with E-state index in [1.165, 1.54) is 79.9 Å². The first-order chi connectivity index (χ1) is 44.8. The number of methoxy groups -OCH3 is 1. The molecule has 3 aromatic carbocycles. The lowest BCUT2D eigenvalue weighted by Gasteiger charge is -2.51. The fourth-order valence-electron chi connectivity index (χ4n) is 10.5. The Morgan fingerprint density at radius 1 is 0.500 bits per heavy atom. The predicted octanol–water partition coefficient (Wildman–Crippen LogP) is -4.97. The molecule has 5 heterocycles. The Balaban J connectivity index is 1.31. The number of hydrogen-bond donors (Lipinski definition) is 14. The summed E-state index contributed by atoms with van der Waals surface area (Å²) in [7, 11) is 1.25. The Labute approximate surface area is 533 Å². The van der Waals surface area contributed by atoms with E-state index in [2.05, 4.69) is 0 Å². The fraction of sp³-hybridized carbons (Fsp3) is 0.550. The van der Waals surface area contributed by atoms with Crippen molar-refractivity contribution in [3.05, 3.63) is 102 Å². The molecule has 8 rings (SSSR count). The largest absolute Gasteiger partial charge is 0.508 e. The Morgan fingerprint density at radius 3 is 1.61 bits per heavy atom. The molecule has 24 atom stereocenters. The van der Waals surface area contributed by atoms with Crippen molar-refractivity contribution in [3.8, 4) is 17.2 Å². The third-order valence-electron chi connectivity index (χ3n) is 15.5. The van der Waals surface area contributed by atoms with E-state index in [9.17, 15) is 95.5 Å². The normalized spacial score (nSPS) is 36.0. The highest BCUT2D eigenvalue weighted by atomic mass is 16.8. The second kappa shape index (κ2) is 32.7. The first kappa shape index (κ1) is 72.9. The summed E-state index contributed by atoms with van der Waals surface area (Å²) in [6, 6.07) is 16.4. The lowest BCUT2D eigenvalue weighted by atomic mass is 9.95. The molecule has 14 N–H and O–H groups in total. The topological polar surface area (TPSA) is 507 Å². The molecule has 0 aromatic heterocycles. The maximum atomic E-state index is 14.4. The number of carbonyl (C=O) groups excluding carboxylic acids is 5. The van der Waals surface area contributed by atoms with E-state index in [0.29, 0.717) is 5.56 Å². The summed E-state index contributed by atoms with van der Waals surface area (Å²) in [5.41, 5.74) is 0.408. The first-order valence-corrected chi connectivity index (χ1v) is 29.1. The number of hydrogen-bond acceptors (Lipinski definition) is 34. The Morgan fingerprint density at radius 2 is 1.02 bits per heavy atom. The van der Waals surface area contributed by atoms with Gasteiger partial charge in [-0.2, -0.15) is 0 Å². The van der Waals surface area contributed by atoms with Crippen molar-refractivity contribution in [3.63, 3.8) is 0 Å². The minimum Gasteiger partial charge on any atom is -0.508 e. The maximum Gasteiger partial charge on any atom is 0.338 e. The summed E-state index contributed by atoms with van der Waals surface area (Å²) in [6.07, 6.45) is -45.8. The first-order valence-electron chi connectivity index (χ1n) is 29.1. The molecule has 3 aromatic rings. The lowest BCUT2D eigenvalue weighted by Crippen LogP contribution is -2.69. The van der Waals surface area contributed by atoms with Crippen LogP contribution < -0.4 is 4.74 Å². The van der Waals surface area contributed by atoms with Crippen molar-refractivity contribution in [1.29, 1.82) is 0 Å². The van der Waals surface area contributed by atoms with E-state index in [0.717, 1.165) is 32.1 Å². The van der Waals surface area contributed by atoms with Gasteiger partial charge in [0.1, 0.15) is 129 Å². The molecule has 0 aliphatic carbocycles. The average molecular weight is 1340 g/mol. The van der Waals surface area contributed by atoms with Gasteiger partial charge in [0.15, 0.2) is 48.9 Å². The highest BCUT2D eigenvalue weighted by Crippen LogP contribution is 2.43. The van der Waals surface area contributed by atoms with Gasteiger partial charge in [-0.3, -0.25) is 9.59 Å². The molecular weight excluding hydrogens is 1260 g/mol. The van der Waals surface area contributed by atoms with Crippen LogP contribution in [0.5, 0.6) is 17.2 Å². The number of aromatic hydroxyl groups is 2. The zero-order valence-corrected chi connectivity index (χ0v) is 50.2. The highest BCUT2D eigenvalue weighted by molar-refractivity contribution is 5.90. The van der Waals surface area contributed by atoms with Crippen LogP contribution in [-0.2, 0) is 85.5 Å². The Bertz CT molecular complexity index is 3060. The monoisotopic (exact) mass is 1340 g/mol. The molecule has 0 radical (unpaired) electrons. The van der Waals surface area contributed by atoms with E-state index in [1.807, 2.05) is 0 Å². The van der Waals surface area contributed by atoms with Crippen LogP contribution in [0.25, 0.3) is 12.2 Å². The molecule has 0 saturated carbocycles. The van der Waals surface area contributed by atoms with Crippen molar-refractivity contribution in [2.75, 3.05) is 46.8 Å². The van der Waals surface area contributed by atoms with Crippen LogP contribution in [0.2, 0.25) is 0 Å². The quantitative estimate of drug-likeness (QED) is 0.0215. The van der Waals surface area contributed by atoms with Crippen LogP contribution in [0, 0.1) is 0 Å². The van der Waals surface area contributed by atoms with Gasteiger partial charge in [0.2, 0.25) is 5.79 Å². The number of phenols is 2. The van der Waals surface area contributed by atoms with E-state index in [1.54, 1.807) is 6.07 Å². The Kier molecular flexibility index (Phi) is 25.3. The zero-order chi connectivity index (χ0) is 68.3. The van der Waals surface area contributed by atoms with Gasteiger partial charge in [0.05, 0.1) is 32.5 Å². The maximum absolute atomic E-state index is 14.4. The van der Waals surface area contributed by atoms with Crippen LogP contribution >= 0.6 is 0 Å². The second-order valence-corrected chi connectivity index (χ2v) is 22.0. The van der Waals surface area contributed by atoms with E-state index in [4.69, 9.17) is 71.1 Å². The number of rotatable bonds is 25. The van der Waals surface area contributed by atoms with Crippen molar-refractivity contribution in [1.82, 2.24) is 0 Å². The number of benzene rings is 3. The molecule has 5 saturated heterocycles. The zero-order valence-electron chi connectivity index (χ0n) is 50.2. The van der Waals surface area contributed by atoms with Gasteiger partial charge in [-0.1, -0.05) is 36.4 Å². The molecule has 34 nitrogen and oxygen atoms in total. The van der Waals surface area contributed by atoms with E-state index >= 15 is 0 Å². The third kappa shape index (κ3) is 17.4. The minimum absolute atomic E-state index is 0.0402. The summed E-state index contributed by atoms with van der Waals surface area (Å²) in [5.74, 6) is -9.21. The summed E-state index contributed by atoms with van der Waals surface area (Å²) in [4.78, 5) is 67.5. The fourth-order valence-corrected chi connectivity index (χ4v) is 10.5. The molecule has 34 heteroatoms. The van der Waals surface area contributed by atoms with Gasteiger partial charge in [-0.15, -0.1) is 0 Å². The highest BCUT2D eigenvalue weighted by Gasteiger charge is 2.64. The molecule has 0 amide bonds. The molecule has 5 aliphatic heterocycles. The molecule has 94 heavy (non-hydrogen) atoms. The SMILES string of the molecule is COc1cc(/C=C/C(=O)O[C@H]2[C@H](O[C@H]3O[C@H](COC(C)=O)[C@@H](O)[C@H](O[C@H]4O[C@H](CO)[C@@H](O)[C@H](O)[C@H]4O)[C@H]3O)[C@@H](O[C@@H]3O[C@H](CO)[C@@H](O)[C@H](O)[C@H]3O)[C@@H](O[C@]3(COC(=O)/C=C/c4ccc(O)cc4)O[C@H](CO)[C@@H](O)[C@@H]3OC(=O)c3ccccc3)O[C@@H]2COC(C)=O)ccc1O. The second-order valence-electron chi connectivity index (χ2n) is 22.0. The average Bonchev–Trinajstić information content (AvgIpc) is 1.37. The Hall–Kier alpha value is -6.95. The molecule has 0 bridgehead atoms. The van der Waals surface area contributed by atoms with E-state index in [-0.39, 0.29) is 28.4 Å². The van der Waals surface area contributed by atoms with Crippen molar-refractivity contribution in [2.24, 2.45) is 0 Å². The van der Waals surface area contributed by atoms with Crippen LogP contribution in [0.4, 0.5) is 0 Å². The minimum atomic E-state index is -3.01. The molecule has 5 fully saturated rings. The number of esters is 5. The lowest BCUT2D eigenvalue weighted by molar-refractivity contribution is -0.423. The van der Waals surface area contributed by atoms with Crippen molar-refractivity contribution >= 4 is 42.0 Å². The van der Waals surface area contributed by atoms with Crippen LogP contribution in [0.15, 0.2) is 84.9 Å². The van der Waals surface area contributed by atoms with Crippen molar-refractivity contribution in [2.45, 2.75) is 161 Å². The summed E-state index contributed by atoms with van der Waals surface area (Å²) in [5, 5.41) is 154. The standard InChI is InChI=1S/C60H74O34/c1-26(64)81-23-37-43(72)51(89-56-47(76)45(74)41(70)34(20-61)84-56)49(78)58(86-37)90-52-50(88-40(69)18-13-29-11-16-32(67)33(19-29)80-3)38(24-82-27(2)65)87-59(53(52)91-57-48(77)46(75)42(71)35(21-62)85-57)94-60(25-83-39(68)17-12-28-9-14-31(66)15-10-28)54(44(73)36(22-63)93-60)92-55(79)30-7-5-4-6-8-30/h4-19,34-38,41-54,56-59,61-63,66-67,70-78H,20-25H2,1-3H3/b17-12+,18-13+/t34-,35-,36-,37-,38-,41-,42-,43-,44-,45+,46+,47-,48-,49-,50-,51+,52+,53-,54+,56-,57+,58-,59-,60+/m1/s1. The number of carbonyl (C=O) groups is 5. The molecule has 518 valence electrons. The van der Waals surface area contributed by atoms with Gasteiger partial charge in [-0.25, -0.2) is 14.4 Å². The van der Waals surface area contributed by atoms with Gasteiger partial charge < -0.3 is 143 Å². The number of ether oxygens (including phenoxy) is 15.